The van der Waals surface area contributed by atoms with Crippen LogP contribution in [0.4, 0.5) is 0 Å². The highest BCUT2D eigenvalue weighted by atomic mass is 32.2. The summed E-state index contributed by atoms with van der Waals surface area (Å²) in [5.74, 6) is 1.33. The molecular weight excluding hydrogens is 320 g/mol. The van der Waals surface area contributed by atoms with Crippen LogP contribution in [0.1, 0.15) is 38.7 Å². The van der Waals surface area contributed by atoms with E-state index in [2.05, 4.69) is 13.8 Å². The summed E-state index contributed by atoms with van der Waals surface area (Å²) in [7, 11) is -1.16. The minimum Gasteiger partial charge on any atom is -0.385 e. The lowest BCUT2D eigenvalue weighted by Gasteiger charge is -2.47. The molecule has 4 heteroatoms. The van der Waals surface area contributed by atoms with Gasteiger partial charge in [0.1, 0.15) is 6.10 Å². The standard InChI is InChI=1S/C20H26O3S/c1-19(2)15-10-11-20(19)13-24(22)18(23-17(20)12-15)16(21)9-8-14-6-4-3-5-7-14/h3-9,15-18,21H,10-13H2,1-2H3/b9-8+/t15?,16-,17?,18?,20?,24?/m1/s1. The molecule has 6 atom stereocenters. The fraction of sp³-hybridized carbons (Fsp3) is 0.600. The van der Waals surface area contributed by atoms with Crippen LogP contribution in [0.2, 0.25) is 0 Å². The summed E-state index contributed by atoms with van der Waals surface area (Å²) in [6.45, 7) is 4.63. The Bertz CT molecular complexity index is 669. The van der Waals surface area contributed by atoms with Crippen molar-refractivity contribution >= 4 is 16.9 Å². The highest BCUT2D eigenvalue weighted by Gasteiger charge is 2.67. The molecule has 1 heterocycles. The van der Waals surface area contributed by atoms with Crippen LogP contribution in [0.25, 0.3) is 6.08 Å². The predicted octanol–water partition coefficient (Wildman–Crippen LogP) is 3.36. The van der Waals surface area contributed by atoms with Crippen molar-refractivity contribution in [1.82, 2.24) is 0 Å². The molecule has 3 aliphatic rings. The van der Waals surface area contributed by atoms with Gasteiger partial charge in [0.25, 0.3) is 0 Å². The van der Waals surface area contributed by atoms with Crippen LogP contribution >= 0.6 is 0 Å². The molecule has 0 amide bonds. The van der Waals surface area contributed by atoms with Crippen molar-refractivity contribution in [3.05, 3.63) is 42.0 Å². The Hall–Kier alpha value is -0.970. The Labute approximate surface area is 146 Å². The molecular formula is C20H26O3S. The van der Waals surface area contributed by atoms with Gasteiger partial charge < -0.3 is 9.84 Å². The largest absolute Gasteiger partial charge is 0.385 e. The Kier molecular flexibility index (Phi) is 3.98. The monoisotopic (exact) mass is 346 g/mol. The smallest absolute Gasteiger partial charge is 0.162 e. The minimum absolute atomic E-state index is 0.0435. The van der Waals surface area contributed by atoms with Gasteiger partial charge in [-0.05, 0) is 36.2 Å². The quantitative estimate of drug-likeness (QED) is 0.913. The maximum atomic E-state index is 12.9. The summed E-state index contributed by atoms with van der Waals surface area (Å²) in [5, 5.41) is 10.5. The first-order valence-corrected chi connectivity index (χ1v) is 10.3. The number of fused-ring (bicyclic) bond motifs is 1. The van der Waals surface area contributed by atoms with Crippen LogP contribution in [-0.2, 0) is 15.5 Å². The maximum Gasteiger partial charge on any atom is 0.162 e. The molecule has 1 spiro atoms. The van der Waals surface area contributed by atoms with Crippen molar-refractivity contribution < 1.29 is 14.1 Å². The Balaban J connectivity index is 1.51. The van der Waals surface area contributed by atoms with E-state index >= 15 is 0 Å². The van der Waals surface area contributed by atoms with E-state index in [-0.39, 0.29) is 16.9 Å². The molecule has 0 aromatic heterocycles. The first-order valence-electron chi connectivity index (χ1n) is 8.88. The highest BCUT2D eigenvalue weighted by Crippen LogP contribution is 2.68. The zero-order valence-electron chi connectivity index (χ0n) is 14.4. The zero-order chi connectivity index (χ0) is 16.9. The SMILES string of the molecule is CC1(C)C2CCC13CS(=O)C([C@H](O)/C=C/c1ccccc1)OC3C2. The predicted molar refractivity (Wildman–Crippen MR) is 96.7 cm³/mol. The van der Waals surface area contributed by atoms with Crippen molar-refractivity contribution in [2.75, 3.05) is 5.75 Å². The third-order valence-electron chi connectivity index (χ3n) is 6.88. The molecule has 24 heavy (non-hydrogen) atoms. The van der Waals surface area contributed by atoms with Crippen molar-refractivity contribution in [3.8, 4) is 0 Å². The molecule has 1 aliphatic heterocycles. The highest BCUT2D eigenvalue weighted by molar-refractivity contribution is 7.85. The number of ether oxygens (including phenoxy) is 1. The Morgan fingerprint density at radius 2 is 2.08 bits per heavy atom. The van der Waals surface area contributed by atoms with Crippen LogP contribution in [0.5, 0.6) is 0 Å². The summed E-state index contributed by atoms with van der Waals surface area (Å²) >= 11 is 0. The molecule has 1 saturated heterocycles. The summed E-state index contributed by atoms with van der Waals surface area (Å²) in [5.41, 5.74) is 0.664. The fourth-order valence-electron chi connectivity index (χ4n) is 5.19. The van der Waals surface area contributed by atoms with Gasteiger partial charge in [-0.1, -0.05) is 56.3 Å². The molecule has 3 fully saturated rings. The van der Waals surface area contributed by atoms with Gasteiger partial charge in [0, 0.05) is 11.2 Å². The first kappa shape index (κ1) is 16.5. The van der Waals surface area contributed by atoms with Crippen LogP contribution in [0, 0.1) is 16.7 Å². The van der Waals surface area contributed by atoms with E-state index in [0.717, 1.165) is 18.4 Å². The van der Waals surface area contributed by atoms with E-state index in [1.807, 2.05) is 36.4 Å². The van der Waals surface area contributed by atoms with Gasteiger partial charge in [-0.25, -0.2) is 0 Å². The van der Waals surface area contributed by atoms with Gasteiger partial charge in [0.2, 0.25) is 0 Å². The van der Waals surface area contributed by atoms with E-state index in [4.69, 9.17) is 4.74 Å². The molecule has 0 radical (unpaired) electrons. The summed E-state index contributed by atoms with van der Waals surface area (Å²) in [6, 6.07) is 9.85. The lowest BCUT2D eigenvalue weighted by molar-refractivity contribution is -0.0927. The second-order valence-corrected chi connectivity index (χ2v) is 9.64. The van der Waals surface area contributed by atoms with Crippen molar-refractivity contribution in [2.24, 2.45) is 16.7 Å². The first-order chi connectivity index (χ1) is 11.4. The Morgan fingerprint density at radius 3 is 2.79 bits per heavy atom. The third kappa shape index (κ3) is 2.34. The number of rotatable bonds is 3. The second kappa shape index (κ2) is 5.79. The summed E-state index contributed by atoms with van der Waals surface area (Å²) in [6.07, 6.45) is 6.30. The molecule has 4 rings (SSSR count). The minimum atomic E-state index is -1.16. The normalized spacial score (nSPS) is 41.5. The van der Waals surface area contributed by atoms with Crippen molar-refractivity contribution in [1.29, 1.82) is 0 Å². The molecule has 1 aromatic rings. The van der Waals surface area contributed by atoms with Crippen LogP contribution < -0.4 is 0 Å². The molecule has 2 aliphatic carbocycles. The van der Waals surface area contributed by atoms with E-state index in [1.54, 1.807) is 6.08 Å². The lowest BCUT2D eigenvalue weighted by atomic mass is 9.69. The van der Waals surface area contributed by atoms with Crippen molar-refractivity contribution in [3.63, 3.8) is 0 Å². The number of aliphatic hydroxyl groups excluding tert-OH is 1. The van der Waals surface area contributed by atoms with Gasteiger partial charge in [0.05, 0.1) is 16.9 Å². The summed E-state index contributed by atoms with van der Waals surface area (Å²) in [4.78, 5) is 0. The molecule has 1 N–H and O–H groups in total. The number of hydrogen-bond donors (Lipinski definition) is 1. The van der Waals surface area contributed by atoms with E-state index in [9.17, 15) is 9.32 Å². The van der Waals surface area contributed by atoms with Gasteiger partial charge >= 0.3 is 0 Å². The molecule has 3 nitrogen and oxygen atoms in total. The fourth-order valence-corrected chi connectivity index (χ4v) is 7.23. The van der Waals surface area contributed by atoms with Gasteiger partial charge in [0.15, 0.2) is 5.44 Å². The van der Waals surface area contributed by atoms with Crippen LogP contribution in [0.3, 0.4) is 0 Å². The molecule has 2 saturated carbocycles. The van der Waals surface area contributed by atoms with Crippen LogP contribution in [-0.4, -0.2) is 32.7 Å². The van der Waals surface area contributed by atoms with E-state index in [0.29, 0.717) is 11.7 Å². The maximum absolute atomic E-state index is 12.9. The summed E-state index contributed by atoms with van der Waals surface area (Å²) < 4.78 is 19.1. The number of hydrogen-bond acceptors (Lipinski definition) is 3. The average Bonchev–Trinajstić information content (AvgIpc) is 2.93. The number of benzene rings is 1. The van der Waals surface area contributed by atoms with E-state index in [1.165, 1.54) is 6.42 Å². The zero-order valence-corrected chi connectivity index (χ0v) is 15.2. The van der Waals surface area contributed by atoms with Crippen molar-refractivity contribution in [2.45, 2.75) is 50.8 Å². The molecule has 130 valence electrons. The third-order valence-corrected chi connectivity index (χ3v) is 8.59. The van der Waals surface area contributed by atoms with E-state index < -0.39 is 22.3 Å². The average molecular weight is 346 g/mol. The molecule has 2 bridgehead atoms. The lowest BCUT2D eigenvalue weighted by Crippen LogP contribution is -2.54. The number of aliphatic hydroxyl groups is 1. The molecule has 1 aromatic carbocycles. The van der Waals surface area contributed by atoms with Gasteiger partial charge in [-0.2, -0.15) is 0 Å². The van der Waals surface area contributed by atoms with Crippen LogP contribution in [0.15, 0.2) is 36.4 Å². The van der Waals surface area contributed by atoms with Gasteiger partial charge in [-0.15, -0.1) is 0 Å². The second-order valence-electron chi connectivity index (χ2n) is 8.13. The van der Waals surface area contributed by atoms with Gasteiger partial charge in [-0.3, -0.25) is 4.21 Å². The molecule has 5 unspecified atom stereocenters. The Morgan fingerprint density at radius 1 is 1.33 bits per heavy atom. The topological polar surface area (TPSA) is 46.5 Å².